The predicted molar refractivity (Wildman–Crippen MR) is 180 cm³/mol. The van der Waals surface area contributed by atoms with Crippen molar-refractivity contribution in [1.82, 2.24) is 21.3 Å². The molecule has 0 aliphatic carbocycles. The molecule has 274 valence electrons. The van der Waals surface area contributed by atoms with Gasteiger partial charge in [-0.05, 0) is 62.3 Å². The zero-order chi connectivity index (χ0) is 37.1. The Labute approximate surface area is 284 Å². The molecule has 5 atom stereocenters. The van der Waals surface area contributed by atoms with Crippen LogP contribution >= 0.6 is 0 Å². The number of carboxylic acids is 2. The summed E-state index contributed by atoms with van der Waals surface area (Å²) in [7, 11) is 0. The number of carbonyl (C=O) groups is 6. The van der Waals surface area contributed by atoms with E-state index in [4.69, 9.17) is 22.9 Å². The van der Waals surface area contributed by atoms with E-state index in [0.717, 1.165) is 0 Å². The lowest BCUT2D eigenvalue weighted by Gasteiger charge is -2.26. The van der Waals surface area contributed by atoms with Gasteiger partial charge in [0.1, 0.15) is 29.9 Å². The highest BCUT2D eigenvalue weighted by Gasteiger charge is 2.33. The number of rotatable bonds is 23. The Kier molecular flexibility index (Phi) is 18.7. The summed E-state index contributed by atoms with van der Waals surface area (Å²) in [6.45, 7) is 4.04. The summed E-state index contributed by atoms with van der Waals surface area (Å²) in [6, 6.07) is -0.957. The lowest BCUT2D eigenvalue weighted by molar-refractivity contribution is -0.142. The van der Waals surface area contributed by atoms with Crippen molar-refractivity contribution in [1.29, 1.82) is 0 Å². The van der Waals surface area contributed by atoms with Crippen molar-refractivity contribution in [2.75, 3.05) is 13.1 Å². The van der Waals surface area contributed by atoms with Gasteiger partial charge < -0.3 is 59.5 Å². The monoisotopic (exact) mass is 693 g/mol. The number of aromatic hydroxyl groups is 1. The van der Waals surface area contributed by atoms with Crippen LogP contribution < -0.4 is 44.2 Å². The number of aliphatic carboxylic acids is 2. The molecular weight excluding hydrogens is 642 g/mol. The van der Waals surface area contributed by atoms with Crippen molar-refractivity contribution in [3.8, 4) is 5.75 Å². The maximum atomic E-state index is 13.8. The van der Waals surface area contributed by atoms with Crippen LogP contribution in [0.1, 0.15) is 64.4 Å². The molecule has 0 saturated heterocycles. The summed E-state index contributed by atoms with van der Waals surface area (Å²) in [6.07, 6.45) is 0.649. The molecular formula is C31H51N9O9. The Balaban J connectivity index is 3.35. The molecule has 0 saturated carbocycles. The van der Waals surface area contributed by atoms with E-state index in [1.807, 2.05) is 0 Å². The van der Waals surface area contributed by atoms with E-state index in [2.05, 4.69) is 26.3 Å². The largest absolute Gasteiger partial charge is 0.508 e. The Morgan fingerprint density at radius 2 is 1.31 bits per heavy atom. The quantitative estimate of drug-likeness (QED) is 0.0336. The van der Waals surface area contributed by atoms with E-state index in [1.165, 1.54) is 24.3 Å². The van der Waals surface area contributed by atoms with E-state index in [1.54, 1.807) is 13.8 Å². The first-order chi connectivity index (χ1) is 23.0. The minimum Gasteiger partial charge on any atom is -0.508 e. The molecule has 15 N–H and O–H groups in total. The molecule has 0 radical (unpaired) electrons. The second kappa shape index (κ2) is 21.8. The van der Waals surface area contributed by atoms with Crippen LogP contribution in [-0.4, -0.2) is 100 Å². The van der Waals surface area contributed by atoms with Gasteiger partial charge >= 0.3 is 11.9 Å². The number of nitrogens with two attached hydrogens (primary N) is 4. The maximum absolute atomic E-state index is 13.8. The van der Waals surface area contributed by atoms with E-state index in [-0.39, 0.29) is 56.3 Å². The van der Waals surface area contributed by atoms with Crippen molar-refractivity contribution in [3.05, 3.63) is 29.8 Å². The van der Waals surface area contributed by atoms with Gasteiger partial charge in [-0.25, -0.2) is 4.79 Å². The van der Waals surface area contributed by atoms with Gasteiger partial charge in [0, 0.05) is 13.0 Å². The number of carboxylic acid groups (broad SMARTS) is 2. The van der Waals surface area contributed by atoms with Crippen LogP contribution in [0.2, 0.25) is 0 Å². The van der Waals surface area contributed by atoms with Gasteiger partial charge in [0.05, 0.1) is 12.5 Å². The summed E-state index contributed by atoms with van der Waals surface area (Å²) in [4.78, 5) is 80.5. The topological polar surface area (TPSA) is 328 Å². The number of nitrogens with zero attached hydrogens (tertiary/aromatic N) is 1. The van der Waals surface area contributed by atoms with Gasteiger partial charge in [-0.3, -0.25) is 29.0 Å². The number of phenolic OH excluding ortho intramolecular Hbond substituents is 1. The number of hydrogen-bond donors (Lipinski definition) is 11. The molecule has 0 heterocycles. The van der Waals surface area contributed by atoms with Gasteiger partial charge in [0.2, 0.25) is 23.6 Å². The van der Waals surface area contributed by atoms with E-state index >= 15 is 0 Å². The van der Waals surface area contributed by atoms with Crippen LogP contribution in [0.4, 0.5) is 0 Å². The lowest BCUT2D eigenvalue weighted by atomic mass is 10.0. The number of phenols is 1. The summed E-state index contributed by atoms with van der Waals surface area (Å²) < 4.78 is 0. The smallest absolute Gasteiger partial charge is 0.326 e. The third kappa shape index (κ3) is 17.1. The molecule has 49 heavy (non-hydrogen) atoms. The average Bonchev–Trinajstić information content (AvgIpc) is 3.01. The van der Waals surface area contributed by atoms with Gasteiger partial charge in [-0.2, -0.15) is 0 Å². The summed E-state index contributed by atoms with van der Waals surface area (Å²) in [5.41, 5.74) is 22.6. The molecule has 4 amide bonds. The van der Waals surface area contributed by atoms with Crippen molar-refractivity contribution >= 4 is 41.5 Å². The maximum Gasteiger partial charge on any atom is 0.326 e. The second-order valence-corrected chi connectivity index (χ2v) is 12.0. The van der Waals surface area contributed by atoms with E-state index in [0.29, 0.717) is 24.9 Å². The summed E-state index contributed by atoms with van der Waals surface area (Å²) >= 11 is 0. The fourth-order valence-electron chi connectivity index (χ4n) is 4.66. The number of amides is 4. The van der Waals surface area contributed by atoms with Gasteiger partial charge in [-0.1, -0.05) is 32.4 Å². The Morgan fingerprint density at radius 1 is 0.755 bits per heavy atom. The van der Waals surface area contributed by atoms with Crippen LogP contribution in [0.3, 0.4) is 0 Å². The molecule has 1 aromatic carbocycles. The zero-order valence-electron chi connectivity index (χ0n) is 27.9. The van der Waals surface area contributed by atoms with Crippen LogP contribution in [0.5, 0.6) is 5.75 Å². The fourth-order valence-corrected chi connectivity index (χ4v) is 4.66. The third-order valence-electron chi connectivity index (χ3n) is 7.23. The minimum absolute atomic E-state index is 0.0258. The van der Waals surface area contributed by atoms with Gasteiger partial charge in [0.15, 0.2) is 5.96 Å². The molecule has 1 rings (SSSR count). The first kappa shape index (κ1) is 42.1. The fraction of sp³-hybridized carbons (Fsp3) is 0.581. The Bertz CT molecular complexity index is 1290. The predicted octanol–water partition coefficient (Wildman–Crippen LogP) is -2.01. The molecule has 0 aliphatic rings. The second-order valence-electron chi connectivity index (χ2n) is 12.0. The Hall–Kier alpha value is -4.97. The molecule has 18 heteroatoms. The first-order valence-electron chi connectivity index (χ1n) is 16.0. The average molecular weight is 694 g/mol. The number of carbonyl (C=O) groups excluding carboxylic acids is 4. The lowest BCUT2D eigenvalue weighted by Crippen LogP contribution is -2.59. The van der Waals surface area contributed by atoms with E-state index < -0.39 is 72.2 Å². The highest BCUT2D eigenvalue weighted by molar-refractivity contribution is 5.96. The van der Waals surface area contributed by atoms with E-state index in [9.17, 15) is 44.1 Å². The van der Waals surface area contributed by atoms with Crippen molar-refractivity contribution in [2.24, 2.45) is 33.8 Å². The van der Waals surface area contributed by atoms with Crippen LogP contribution in [0.25, 0.3) is 0 Å². The summed E-state index contributed by atoms with van der Waals surface area (Å²) in [5.74, 6) is -6.49. The molecule has 0 aromatic heterocycles. The number of aliphatic imine (C=N–C) groups is 1. The zero-order valence-corrected chi connectivity index (χ0v) is 27.9. The van der Waals surface area contributed by atoms with Gasteiger partial charge in [0.25, 0.3) is 0 Å². The molecule has 1 aromatic rings. The number of nitrogens with one attached hydrogen (secondary N) is 4. The number of benzene rings is 1. The van der Waals surface area contributed by atoms with Crippen LogP contribution in [0, 0.1) is 5.92 Å². The van der Waals surface area contributed by atoms with Crippen LogP contribution in [-0.2, 0) is 35.2 Å². The number of guanidine groups is 1. The van der Waals surface area contributed by atoms with Crippen molar-refractivity contribution < 1.29 is 44.1 Å². The van der Waals surface area contributed by atoms with Crippen molar-refractivity contribution in [3.63, 3.8) is 0 Å². The third-order valence-corrected chi connectivity index (χ3v) is 7.23. The minimum atomic E-state index is -1.62. The van der Waals surface area contributed by atoms with Crippen LogP contribution in [0.15, 0.2) is 29.3 Å². The normalized spacial score (nSPS) is 14.0. The molecule has 0 unspecified atom stereocenters. The summed E-state index contributed by atoms with van der Waals surface area (Å²) in [5, 5.41) is 38.6. The molecule has 0 fully saturated rings. The first-order valence-corrected chi connectivity index (χ1v) is 16.0. The van der Waals surface area contributed by atoms with Crippen molar-refractivity contribution in [2.45, 2.75) is 95.4 Å². The molecule has 0 aliphatic heterocycles. The van der Waals surface area contributed by atoms with Gasteiger partial charge in [-0.15, -0.1) is 0 Å². The number of hydrogen-bond acceptors (Lipinski definition) is 10. The SMILES string of the molecule is CC(C)C[C@H](NC(=O)[C@H](CCCN=C(N)N)NC(=O)[C@H](Cc1ccc(O)cc1)NC(=O)[C@H](CC(=O)O)NC(=O)[C@@H](N)CCCCN)C(=O)O. The highest BCUT2D eigenvalue weighted by Crippen LogP contribution is 2.13. The molecule has 0 spiro atoms. The Morgan fingerprint density at radius 3 is 1.86 bits per heavy atom. The standard InChI is InChI=1S/C31H51N9O9/c1-17(2)14-24(30(48)49)40-27(45)21(7-5-13-36-31(34)35)37-28(46)22(15-18-8-10-19(41)11-9-18)39-29(47)23(16-25(42)43)38-26(44)20(33)6-3-4-12-32/h8-11,17,20-24,41H,3-7,12-16,32-33H2,1-2H3,(H,37,46)(H,38,44)(H,39,47)(H,40,45)(H,42,43)(H,48,49)(H4,34,35,36)/t20-,21-,22-,23-,24-/m0/s1. The molecule has 18 nitrogen and oxygen atoms in total. The highest BCUT2D eigenvalue weighted by atomic mass is 16.4. The molecule has 0 bridgehead atoms. The number of unbranched alkanes of at least 4 members (excludes halogenated alkanes) is 1.